The molecular weight excluding hydrogens is 363 g/mol. The van der Waals surface area contributed by atoms with E-state index in [9.17, 15) is 13.2 Å². The van der Waals surface area contributed by atoms with Crippen LogP contribution in [0.2, 0.25) is 0 Å². The number of hydrogen-bond acceptors (Lipinski definition) is 2. The van der Waals surface area contributed by atoms with Gasteiger partial charge in [-0.05, 0) is 48.4 Å². The van der Waals surface area contributed by atoms with Crippen LogP contribution >= 0.6 is 0 Å². The average molecular weight is 387 g/mol. The van der Waals surface area contributed by atoms with E-state index in [2.05, 4.69) is 9.88 Å². The van der Waals surface area contributed by atoms with Gasteiger partial charge in [0.15, 0.2) is 0 Å². The van der Waals surface area contributed by atoms with Crippen LogP contribution in [0.5, 0.6) is 0 Å². The first-order chi connectivity index (χ1) is 13.4. The topological polar surface area (TPSA) is 43.0 Å². The van der Waals surface area contributed by atoms with Crippen molar-refractivity contribution < 1.29 is 13.2 Å². The Bertz CT molecular complexity index is 963. The predicted octanol–water partition coefficient (Wildman–Crippen LogP) is 5.00. The first-order valence-corrected chi connectivity index (χ1v) is 9.63. The van der Waals surface area contributed by atoms with E-state index in [4.69, 9.17) is 5.73 Å². The maximum Gasteiger partial charge on any atom is 0.416 e. The van der Waals surface area contributed by atoms with Gasteiger partial charge in [0.1, 0.15) is 5.66 Å². The molecule has 28 heavy (non-hydrogen) atoms. The summed E-state index contributed by atoms with van der Waals surface area (Å²) >= 11 is 0. The maximum absolute atomic E-state index is 13.3. The van der Waals surface area contributed by atoms with E-state index in [1.807, 2.05) is 36.5 Å². The third-order valence-electron chi connectivity index (χ3n) is 5.83. The Morgan fingerprint density at radius 2 is 1.79 bits per heavy atom. The normalized spacial score (nSPS) is 23.2. The lowest BCUT2D eigenvalue weighted by atomic mass is 9.84. The molecule has 3 N–H and O–H groups in total. The predicted molar refractivity (Wildman–Crippen MR) is 105 cm³/mol. The highest BCUT2D eigenvalue weighted by Crippen LogP contribution is 2.35. The Morgan fingerprint density at radius 3 is 2.61 bits per heavy atom. The van der Waals surface area contributed by atoms with Gasteiger partial charge in [-0.3, -0.25) is 0 Å². The van der Waals surface area contributed by atoms with Gasteiger partial charge >= 0.3 is 6.18 Å². The lowest BCUT2D eigenvalue weighted by Crippen LogP contribution is -2.59. The lowest BCUT2D eigenvalue weighted by Gasteiger charge is -2.43. The van der Waals surface area contributed by atoms with Gasteiger partial charge in [0.05, 0.1) is 5.56 Å². The summed E-state index contributed by atoms with van der Waals surface area (Å²) in [5.41, 5.74) is 6.94. The summed E-state index contributed by atoms with van der Waals surface area (Å²) in [5, 5.41) is 4.46. The average Bonchev–Trinajstić information content (AvgIpc) is 3.12. The number of fused-ring (bicyclic) bond motifs is 1. The molecule has 2 unspecified atom stereocenters. The number of nitrogens with zero attached hydrogens (tertiary/aromatic N) is 1. The van der Waals surface area contributed by atoms with Crippen LogP contribution < -0.4 is 11.1 Å². The molecule has 1 aromatic heterocycles. The summed E-state index contributed by atoms with van der Waals surface area (Å²) in [6.07, 6.45) is 1.26. The van der Waals surface area contributed by atoms with E-state index >= 15 is 0 Å². The Morgan fingerprint density at radius 1 is 1.04 bits per heavy atom. The summed E-state index contributed by atoms with van der Waals surface area (Å²) in [5.74, 6) is 0. The van der Waals surface area contributed by atoms with Gasteiger partial charge in [0.2, 0.25) is 0 Å². The fourth-order valence-corrected chi connectivity index (χ4v) is 4.38. The van der Waals surface area contributed by atoms with Crippen LogP contribution in [0.15, 0.2) is 60.8 Å². The Balaban J connectivity index is 1.62. The van der Waals surface area contributed by atoms with Crippen molar-refractivity contribution in [1.29, 1.82) is 0 Å². The number of hydrogen-bond donors (Lipinski definition) is 2. The highest BCUT2D eigenvalue weighted by atomic mass is 19.4. The summed E-state index contributed by atoms with van der Waals surface area (Å²) in [7, 11) is 0. The number of aromatic nitrogens is 1. The first-order valence-electron chi connectivity index (χ1n) is 9.63. The van der Waals surface area contributed by atoms with Crippen molar-refractivity contribution in [2.24, 2.45) is 5.73 Å². The zero-order valence-corrected chi connectivity index (χ0v) is 15.5. The molecule has 3 aromatic rings. The van der Waals surface area contributed by atoms with Crippen LogP contribution in [-0.4, -0.2) is 10.6 Å². The molecule has 1 saturated carbocycles. The van der Waals surface area contributed by atoms with Gasteiger partial charge in [-0.2, -0.15) is 13.2 Å². The van der Waals surface area contributed by atoms with Crippen LogP contribution in [-0.2, 0) is 18.4 Å². The summed E-state index contributed by atoms with van der Waals surface area (Å²) in [6.45, 7) is 0.137. The van der Waals surface area contributed by atoms with Gasteiger partial charge < -0.3 is 15.6 Å². The van der Waals surface area contributed by atoms with E-state index in [0.717, 1.165) is 42.7 Å². The van der Waals surface area contributed by atoms with Gasteiger partial charge in [-0.1, -0.05) is 42.8 Å². The van der Waals surface area contributed by atoms with Crippen molar-refractivity contribution in [1.82, 2.24) is 9.88 Å². The number of nitrogens with two attached hydrogens (primary N) is 1. The molecule has 0 saturated heterocycles. The number of nitrogens with one attached hydrogen (secondary N) is 1. The number of para-hydroxylation sites is 1. The highest BCUT2D eigenvalue weighted by molar-refractivity contribution is 5.80. The molecule has 0 spiro atoms. The fourth-order valence-electron chi connectivity index (χ4n) is 4.38. The molecule has 0 bridgehead atoms. The van der Waals surface area contributed by atoms with Gasteiger partial charge in [0.25, 0.3) is 0 Å². The zero-order chi connectivity index (χ0) is 19.8. The largest absolute Gasteiger partial charge is 0.416 e. The molecular formula is C22H24F3N3. The molecule has 1 aliphatic rings. The van der Waals surface area contributed by atoms with Crippen LogP contribution in [0, 0.1) is 0 Å². The molecule has 0 aliphatic heterocycles. The third kappa shape index (κ3) is 3.42. The van der Waals surface area contributed by atoms with Crippen molar-refractivity contribution in [2.75, 3.05) is 0 Å². The van der Waals surface area contributed by atoms with Crippen molar-refractivity contribution >= 4 is 10.9 Å². The van der Waals surface area contributed by atoms with Gasteiger partial charge in [-0.25, -0.2) is 0 Å². The molecule has 3 nitrogen and oxygen atoms in total. The van der Waals surface area contributed by atoms with E-state index in [1.54, 1.807) is 6.07 Å². The molecule has 0 radical (unpaired) electrons. The van der Waals surface area contributed by atoms with E-state index in [-0.39, 0.29) is 18.2 Å². The van der Waals surface area contributed by atoms with Crippen LogP contribution in [0.4, 0.5) is 13.2 Å². The SMILES string of the molecule is NC1(n2ccc3ccccc32)CCCCC1NCc1ccccc1C(F)(F)F. The van der Waals surface area contributed by atoms with Crippen molar-refractivity contribution in [3.8, 4) is 0 Å². The van der Waals surface area contributed by atoms with E-state index in [0.29, 0.717) is 0 Å². The monoisotopic (exact) mass is 387 g/mol. The molecule has 1 heterocycles. The smallest absolute Gasteiger partial charge is 0.327 e. The summed E-state index contributed by atoms with van der Waals surface area (Å²) in [6, 6.07) is 15.7. The highest BCUT2D eigenvalue weighted by Gasteiger charge is 2.40. The van der Waals surface area contributed by atoms with Crippen molar-refractivity contribution in [3.05, 3.63) is 71.9 Å². The zero-order valence-electron chi connectivity index (χ0n) is 15.5. The fraction of sp³-hybridized carbons (Fsp3) is 0.364. The molecule has 1 fully saturated rings. The number of alkyl halides is 3. The van der Waals surface area contributed by atoms with Crippen LogP contribution in [0.3, 0.4) is 0 Å². The second-order valence-corrected chi connectivity index (χ2v) is 7.57. The number of benzene rings is 2. The van der Waals surface area contributed by atoms with Crippen molar-refractivity contribution in [3.63, 3.8) is 0 Å². The van der Waals surface area contributed by atoms with Gasteiger partial charge in [0, 0.05) is 24.3 Å². The minimum absolute atomic E-state index is 0.113. The Labute approximate surface area is 162 Å². The molecule has 4 rings (SSSR count). The quantitative estimate of drug-likeness (QED) is 0.661. The molecule has 1 aliphatic carbocycles. The maximum atomic E-state index is 13.3. The Hall–Kier alpha value is -2.31. The third-order valence-corrected chi connectivity index (χ3v) is 5.83. The minimum atomic E-state index is -4.36. The van der Waals surface area contributed by atoms with Crippen LogP contribution in [0.1, 0.15) is 36.8 Å². The molecule has 0 amide bonds. The Kier molecular flexibility index (Phi) is 4.93. The van der Waals surface area contributed by atoms with Crippen molar-refractivity contribution in [2.45, 2.75) is 50.1 Å². The van der Waals surface area contributed by atoms with Crippen LogP contribution in [0.25, 0.3) is 10.9 Å². The second-order valence-electron chi connectivity index (χ2n) is 7.57. The molecule has 2 atom stereocenters. The summed E-state index contributed by atoms with van der Waals surface area (Å²) < 4.78 is 42.0. The lowest BCUT2D eigenvalue weighted by molar-refractivity contribution is -0.138. The summed E-state index contributed by atoms with van der Waals surface area (Å²) in [4.78, 5) is 0. The van der Waals surface area contributed by atoms with E-state index < -0.39 is 17.4 Å². The second kappa shape index (κ2) is 7.26. The minimum Gasteiger partial charge on any atom is -0.327 e. The number of rotatable bonds is 4. The standard InChI is InChI=1S/C22H24F3N3/c23-22(24,25)18-9-3-1-8-17(18)15-27-20-11-5-6-13-21(20,26)28-14-12-16-7-2-4-10-19(16)28/h1-4,7-10,12,14,20,27H,5-6,11,13,15,26H2. The van der Waals surface area contributed by atoms with Gasteiger partial charge in [-0.15, -0.1) is 0 Å². The molecule has 6 heteroatoms. The first kappa shape index (κ1) is 19.0. The number of halogens is 3. The van der Waals surface area contributed by atoms with E-state index in [1.165, 1.54) is 12.1 Å². The molecule has 148 valence electrons. The molecule has 2 aromatic carbocycles.